The number of nitrogens with zero attached hydrogens (tertiary/aromatic N) is 3. The summed E-state index contributed by atoms with van der Waals surface area (Å²) in [5.74, 6) is 0. The normalized spacial score (nSPS) is 12.8. The van der Waals surface area contributed by atoms with E-state index in [1.54, 1.807) is 0 Å². The first-order valence-corrected chi connectivity index (χ1v) is 29.6. The third-order valence-electron chi connectivity index (χ3n) is 17.7. The molecule has 402 valence electrons. The number of benzene rings is 12. The Morgan fingerprint density at radius 3 is 1.24 bits per heavy atom. The number of anilines is 9. The van der Waals surface area contributed by atoms with E-state index in [-0.39, 0.29) is 17.5 Å². The van der Waals surface area contributed by atoms with Crippen LogP contribution in [0.1, 0.15) is 52.7 Å². The fourth-order valence-electron chi connectivity index (χ4n) is 13.4. The van der Waals surface area contributed by atoms with Gasteiger partial charge in [-0.3, -0.25) is 0 Å². The summed E-state index contributed by atoms with van der Waals surface area (Å²) in [4.78, 5) is 7.66. The first kappa shape index (κ1) is 51.0. The maximum Gasteiger partial charge on any atom is 0.252 e. The van der Waals surface area contributed by atoms with Gasteiger partial charge in [0.1, 0.15) is 0 Å². The highest BCUT2D eigenvalue weighted by atomic mass is 15.2. The Morgan fingerprint density at radius 2 is 0.690 bits per heavy atom. The molecule has 12 aromatic carbocycles. The van der Waals surface area contributed by atoms with E-state index in [1.807, 2.05) is 0 Å². The van der Waals surface area contributed by atoms with Crippen LogP contribution in [0.15, 0.2) is 279 Å². The van der Waals surface area contributed by atoms with Crippen molar-refractivity contribution in [3.8, 4) is 66.8 Å². The molecule has 0 spiro atoms. The van der Waals surface area contributed by atoms with E-state index in [4.69, 9.17) is 0 Å². The van der Waals surface area contributed by atoms with Crippen LogP contribution in [-0.2, 0) is 10.8 Å². The lowest BCUT2D eigenvalue weighted by Crippen LogP contribution is -2.61. The molecule has 3 heterocycles. The van der Waals surface area contributed by atoms with Crippen molar-refractivity contribution in [3.63, 3.8) is 0 Å². The second kappa shape index (κ2) is 19.9. The minimum atomic E-state index is -0.169. The third-order valence-corrected chi connectivity index (χ3v) is 17.7. The molecule has 4 heteroatoms. The van der Waals surface area contributed by atoms with Crippen molar-refractivity contribution >= 4 is 74.3 Å². The fraction of sp³-hybridized carbons (Fsp3) is 0.100. The molecule has 0 saturated carbocycles. The quantitative estimate of drug-likeness (QED) is 0.140. The summed E-state index contributed by atoms with van der Waals surface area (Å²) in [6, 6.07) is 105. The molecule has 0 radical (unpaired) electrons. The Hall–Kier alpha value is -9.90. The average molecular weight is 1080 g/mol. The standard InChI is InChI=1S/C80H64BN3/c1-79(2,3)61-39-31-55(32-40-61)56-35-43-65(44-36-56)83-74-46-38-59(57-33-41-62(42-34-57)80(4,5)6)49-71(74)81-72-50-60(54-23-13-8-14-24-54)48-70-68-30-20-19-29-67(68)69-47-58(53-21-11-7-12-22-53)37-45-73(69)84(78(70)72)76-52-66(51-75(83)77(76)81)82(63-25-15-9-16-26-63)64-27-17-10-18-28-64/h7-52H,1-6H3. The predicted molar refractivity (Wildman–Crippen MR) is 359 cm³/mol. The summed E-state index contributed by atoms with van der Waals surface area (Å²) in [6.07, 6.45) is 0. The fourth-order valence-corrected chi connectivity index (χ4v) is 13.4. The molecule has 3 aliphatic rings. The molecule has 0 aromatic heterocycles. The van der Waals surface area contributed by atoms with Gasteiger partial charge in [0.15, 0.2) is 0 Å². The largest absolute Gasteiger partial charge is 0.311 e. The lowest BCUT2D eigenvalue weighted by Gasteiger charge is -2.45. The third kappa shape index (κ3) is 8.67. The first-order chi connectivity index (χ1) is 40.9. The highest BCUT2D eigenvalue weighted by Crippen LogP contribution is 2.56. The summed E-state index contributed by atoms with van der Waals surface area (Å²) in [6.45, 7) is 13.6. The SMILES string of the molecule is CC(C)(C)c1ccc(-c2ccc(N3c4ccc(-c5ccc(C(C)(C)C)cc5)cc4B4c5cc(-c6ccccc6)cc6c5N(c5ccc(-c7ccccc7)cc5-c5ccccc5-6)c5cc(N(c6ccccc6)c6ccccc6)cc3c54)cc2)cc1. The zero-order valence-electron chi connectivity index (χ0n) is 48.5. The topological polar surface area (TPSA) is 9.72 Å². The van der Waals surface area contributed by atoms with Crippen LogP contribution in [0.25, 0.3) is 66.8 Å². The van der Waals surface area contributed by atoms with Crippen LogP contribution >= 0.6 is 0 Å². The summed E-state index contributed by atoms with van der Waals surface area (Å²) in [5, 5.41) is 0. The van der Waals surface area contributed by atoms with Crippen molar-refractivity contribution in [1.29, 1.82) is 0 Å². The van der Waals surface area contributed by atoms with Crippen molar-refractivity contribution in [2.45, 2.75) is 52.4 Å². The molecular weight excluding hydrogens is 1010 g/mol. The Balaban J connectivity index is 1.06. The Kier molecular flexibility index (Phi) is 12.1. The molecule has 12 aromatic rings. The van der Waals surface area contributed by atoms with E-state index in [0.29, 0.717) is 0 Å². The van der Waals surface area contributed by atoms with Gasteiger partial charge in [0, 0.05) is 50.9 Å². The van der Waals surface area contributed by atoms with Gasteiger partial charge in [0.2, 0.25) is 0 Å². The van der Waals surface area contributed by atoms with Gasteiger partial charge in [0.05, 0.1) is 11.4 Å². The number of rotatable bonds is 8. The number of hydrogen-bond donors (Lipinski definition) is 0. The van der Waals surface area contributed by atoms with Gasteiger partial charge >= 0.3 is 0 Å². The number of para-hydroxylation sites is 2. The minimum absolute atomic E-state index is 0.0335. The van der Waals surface area contributed by atoms with Crippen LogP contribution < -0.4 is 31.1 Å². The van der Waals surface area contributed by atoms with Crippen LogP contribution in [0, 0.1) is 0 Å². The van der Waals surface area contributed by atoms with Crippen LogP contribution in [0.4, 0.5) is 51.2 Å². The predicted octanol–water partition coefficient (Wildman–Crippen LogP) is 20.1. The number of fused-ring (bicyclic) bond motifs is 9. The second-order valence-electron chi connectivity index (χ2n) is 25.0. The Bertz CT molecular complexity index is 4430. The van der Waals surface area contributed by atoms with Gasteiger partial charge in [0.25, 0.3) is 6.71 Å². The Morgan fingerprint density at radius 1 is 0.286 bits per heavy atom. The molecular formula is C80H64BN3. The van der Waals surface area contributed by atoms with Gasteiger partial charge in [-0.25, -0.2) is 0 Å². The van der Waals surface area contributed by atoms with Crippen LogP contribution in [-0.4, -0.2) is 6.71 Å². The van der Waals surface area contributed by atoms with Crippen molar-refractivity contribution in [2.24, 2.45) is 0 Å². The summed E-state index contributed by atoms with van der Waals surface area (Å²) >= 11 is 0. The van der Waals surface area contributed by atoms with Crippen molar-refractivity contribution < 1.29 is 0 Å². The molecule has 0 aliphatic carbocycles. The van der Waals surface area contributed by atoms with Gasteiger partial charge in [-0.2, -0.15) is 0 Å². The molecule has 0 bridgehead atoms. The van der Waals surface area contributed by atoms with Gasteiger partial charge in [-0.1, -0.05) is 248 Å². The van der Waals surface area contributed by atoms with E-state index < -0.39 is 0 Å². The van der Waals surface area contributed by atoms with Crippen molar-refractivity contribution in [3.05, 3.63) is 290 Å². The molecule has 0 unspecified atom stereocenters. The van der Waals surface area contributed by atoms with Crippen molar-refractivity contribution in [1.82, 2.24) is 0 Å². The van der Waals surface area contributed by atoms with E-state index in [1.165, 1.54) is 100.0 Å². The van der Waals surface area contributed by atoms with E-state index in [9.17, 15) is 0 Å². The van der Waals surface area contributed by atoms with Gasteiger partial charge < -0.3 is 14.7 Å². The minimum Gasteiger partial charge on any atom is -0.311 e. The smallest absolute Gasteiger partial charge is 0.252 e. The van der Waals surface area contributed by atoms with Crippen LogP contribution in [0.2, 0.25) is 0 Å². The van der Waals surface area contributed by atoms with Gasteiger partial charge in [-0.15, -0.1) is 0 Å². The molecule has 3 nitrogen and oxygen atoms in total. The first-order valence-electron chi connectivity index (χ1n) is 29.6. The molecule has 0 fully saturated rings. The highest BCUT2D eigenvalue weighted by Gasteiger charge is 2.46. The second-order valence-corrected chi connectivity index (χ2v) is 25.0. The van der Waals surface area contributed by atoms with E-state index in [2.05, 4.69) is 335 Å². The molecule has 3 aliphatic heterocycles. The number of hydrogen-bond acceptors (Lipinski definition) is 3. The highest BCUT2D eigenvalue weighted by molar-refractivity contribution is 7.00. The zero-order chi connectivity index (χ0) is 56.8. The maximum atomic E-state index is 2.65. The lowest BCUT2D eigenvalue weighted by atomic mass is 9.33. The molecule has 0 saturated heterocycles. The molecule has 0 atom stereocenters. The summed E-state index contributed by atoms with van der Waals surface area (Å²) < 4.78 is 0. The van der Waals surface area contributed by atoms with Crippen LogP contribution in [0.3, 0.4) is 0 Å². The zero-order valence-corrected chi connectivity index (χ0v) is 48.5. The monoisotopic (exact) mass is 1080 g/mol. The van der Waals surface area contributed by atoms with Crippen molar-refractivity contribution in [2.75, 3.05) is 14.7 Å². The maximum absolute atomic E-state index is 2.65. The van der Waals surface area contributed by atoms with Gasteiger partial charge in [-0.05, 0) is 167 Å². The molecule has 0 amide bonds. The Labute approximate surface area is 495 Å². The lowest BCUT2D eigenvalue weighted by molar-refractivity contribution is 0.590. The summed E-state index contributed by atoms with van der Waals surface area (Å²) in [7, 11) is 0. The molecule has 84 heavy (non-hydrogen) atoms. The average Bonchev–Trinajstić information content (AvgIpc) is 1.67. The molecule has 0 N–H and O–H groups in total. The molecule has 15 rings (SSSR count). The summed E-state index contributed by atoms with van der Waals surface area (Å²) in [5.41, 5.74) is 31.1. The van der Waals surface area contributed by atoms with Crippen LogP contribution in [0.5, 0.6) is 0 Å². The van der Waals surface area contributed by atoms with E-state index >= 15 is 0 Å². The van der Waals surface area contributed by atoms with E-state index in [0.717, 1.165) is 45.5 Å².